The van der Waals surface area contributed by atoms with E-state index in [1.807, 2.05) is 13.8 Å². The number of nitrogens with one attached hydrogen (secondary N) is 1. The topological polar surface area (TPSA) is 98.7 Å². The van der Waals surface area contributed by atoms with Gasteiger partial charge in [0.25, 0.3) is 5.91 Å². The molecule has 0 aliphatic heterocycles. The van der Waals surface area contributed by atoms with Gasteiger partial charge in [-0.2, -0.15) is 5.10 Å². The van der Waals surface area contributed by atoms with Gasteiger partial charge in [-0.3, -0.25) is 4.79 Å². The average Bonchev–Trinajstić information content (AvgIpc) is 3.37. The molecule has 0 aliphatic rings. The summed E-state index contributed by atoms with van der Waals surface area (Å²) in [6.07, 6.45) is 4.34. The fourth-order valence-corrected chi connectivity index (χ4v) is 3.97. The Hall–Kier alpha value is -3.53. The van der Waals surface area contributed by atoms with E-state index in [4.69, 9.17) is 4.52 Å². The largest absolute Gasteiger partial charge is 0.361 e. The fourth-order valence-electron chi connectivity index (χ4n) is 2.83. The van der Waals surface area contributed by atoms with E-state index in [1.165, 1.54) is 41.2 Å². The van der Waals surface area contributed by atoms with Gasteiger partial charge in [-0.15, -0.1) is 11.8 Å². The lowest BCUT2D eigenvalue weighted by Crippen LogP contribution is -2.14. The number of nitrogens with zero attached hydrogens (tertiary/aromatic N) is 5. The normalized spacial score (nSPS) is 10.9. The molecular formula is C20H17FN6O2S. The number of carbonyl (C=O) groups is 1. The highest BCUT2D eigenvalue weighted by atomic mass is 32.2. The Morgan fingerprint density at radius 1 is 1.30 bits per heavy atom. The van der Waals surface area contributed by atoms with Gasteiger partial charge in [-0.25, -0.2) is 19.0 Å². The Balaban J connectivity index is 1.51. The minimum atomic E-state index is -0.530. The number of pyridine rings is 1. The van der Waals surface area contributed by atoms with Gasteiger partial charge in [-0.05, 0) is 44.2 Å². The van der Waals surface area contributed by atoms with Crippen LogP contribution >= 0.6 is 11.8 Å². The Bertz CT molecular complexity index is 1170. The number of aryl methyl sites for hydroxylation is 2. The molecule has 0 bridgehead atoms. The molecular weight excluding hydrogens is 407 g/mol. The summed E-state index contributed by atoms with van der Waals surface area (Å²) in [7, 11) is 0. The smallest absolute Gasteiger partial charge is 0.258 e. The summed E-state index contributed by atoms with van der Waals surface area (Å²) in [6, 6.07) is 7.73. The molecule has 10 heteroatoms. The van der Waals surface area contributed by atoms with Crippen LogP contribution in [0.25, 0.3) is 5.69 Å². The third kappa shape index (κ3) is 4.08. The van der Waals surface area contributed by atoms with Gasteiger partial charge in [-0.1, -0.05) is 5.16 Å². The molecule has 0 fully saturated rings. The van der Waals surface area contributed by atoms with Crippen molar-refractivity contribution in [1.82, 2.24) is 24.9 Å². The number of thioether (sulfide) groups is 1. The second-order valence-corrected chi connectivity index (χ2v) is 7.37. The van der Waals surface area contributed by atoms with Crippen LogP contribution in [-0.2, 0) is 5.75 Å². The maximum atomic E-state index is 14.4. The SMILES string of the molecule is Cc1noc(C)c1CSc1ncccc1C(=O)Nc1ccc(-n2cncn2)c(F)c1. The van der Waals surface area contributed by atoms with Gasteiger partial charge in [0, 0.05) is 23.2 Å². The molecule has 0 aliphatic carbocycles. The molecule has 152 valence electrons. The van der Waals surface area contributed by atoms with E-state index in [9.17, 15) is 9.18 Å². The van der Waals surface area contributed by atoms with Gasteiger partial charge in [0.15, 0.2) is 5.82 Å². The number of halogens is 1. The summed E-state index contributed by atoms with van der Waals surface area (Å²) < 4.78 is 20.9. The van der Waals surface area contributed by atoms with Crippen LogP contribution in [0.15, 0.2) is 58.7 Å². The summed E-state index contributed by atoms with van der Waals surface area (Å²) in [5, 5.41) is 11.1. The zero-order valence-corrected chi connectivity index (χ0v) is 17.0. The Labute approximate surface area is 175 Å². The Kier molecular flexibility index (Phi) is 5.57. The molecule has 0 atom stereocenters. The lowest BCUT2D eigenvalue weighted by Gasteiger charge is -2.10. The number of benzene rings is 1. The number of hydrogen-bond donors (Lipinski definition) is 1. The molecule has 0 saturated carbocycles. The number of anilines is 1. The second-order valence-electron chi connectivity index (χ2n) is 6.41. The molecule has 0 spiro atoms. The van der Waals surface area contributed by atoms with Crippen molar-refractivity contribution in [3.63, 3.8) is 0 Å². The molecule has 1 N–H and O–H groups in total. The van der Waals surface area contributed by atoms with E-state index in [0.29, 0.717) is 22.0 Å². The van der Waals surface area contributed by atoms with Crippen molar-refractivity contribution in [3.05, 3.63) is 77.6 Å². The summed E-state index contributed by atoms with van der Waals surface area (Å²) in [5.74, 6) is 0.402. The molecule has 30 heavy (non-hydrogen) atoms. The van der Waals surface area contributed by atoms with E-state index in [0.717, 1.165) is 17.0 Å². The van der Waals surface area contributed by atoms with E-state index in [-0.39, 0.29) is 11.6 Å². The van der Waals surface area contributed by atoms with Gasteiger partial charge in [0.05, 0.1) is 11.3 Å². The first-order chi connectivity index (χ1) is 14.5. The standard InChI is InChI=1S/C20H17FN6O2S/c1-12-16(13(2)29-26-12)9-30-20-15(4-3-7-23-20)19(28)25-14-5-6-18(17(21)8-14)27-11-22-10-24-27/h3-8,10-11H,9H2,1-2H3,(H,25,28). The molecule has 1 aromatic carbocycles. The van der Waals surface area contributed by atoms with E-state index in [1.54, 1.807) is 24.4 Å². The highest BCUT2D eigenvalue weighted by molar-refractivity contribution is 7.98. The summed E-state index contributed by atoms with van der Waals surface area (Å²) in [6.45, 7) is 3.72. The highest BCUT2D eigenvalue weighted by Gasteiger charge is 2.16. The monoisotopic (exact) mass is 424 g/mol. The Morgan fingerprint density at radius 3 is 2.87 bits per heavy atom. The number of carbonyl (C=O) groups excluding carboxylic acids is 1. The molecule has 0 saturated heterocycles. The van der Waals surface area contributed by atoms with Crippen LogP contribution in [0.2, 0.25) is 0 Å². The molecule has 1 amide bonds. The van der Waals surface area contributed by atoms with Gasteiger partial charge in [0.2, 0.25) is 0 Å². The van der Waals surface area contributed by atoms with Crippen LogP contribution in [0.4, 0.5) is 10.1 Å². The quantitative estimate of drug-likeness (QED) is 0.468. The van der Waals surface area contributed by atoms with Crippen molar-refractivity contribution in [3.8, 4) is 5.69 Å². The zero-order valence-electron chi connectivity index (χ0n) is 16.2. The Morgan fingerprint density at radius 2 is 2.17 bits per heavy atom. The lowest BCUT2D eigenvalue weighted by molar-refractivity contribution is 0.102. The van der Waals surface area contributed by atoms with Crippen LogP contribution in [0.5, 0.6) is 0 Å². The van der Waals surface area contributed by atoms with Crippen molar-refractivity contribution in [2.45, 2.75) is 24.6 Å². The van der Waals surface area contributed by atoms with Crippen molar-refractivity contribution in [1.29, 1.82) is 0 Å². The predicted molar refractivity (Wildman–Crippen MR) is 109 cm³/mol. The maximum Gasteiger partial charge on any atom is 0.258 e. The first-order valence-corrected chi connectivity index (χ1v) is 9.97. The number of aromatic nitrogens is 5. The van der Waals surface area contributed by atoms with Crippen LogP contribution in [0, 0.1) is 19.7 Å². The van der Waals surface area contributed by atoms with Crippen molar-refractivity contribution < 1.29 is 13.7 Å². The van der Waals surface area contributed by atoms with E-state index in [2.05, 4.69) is 25.5 Å². The molecule has 4 aromatic rings. The molecule has 3 aromatic heterocycles. The number of hydrogen-bond acceptors (Lipinski definition) is 7. The first-order valence-electron chi connectivity index (χ1n) is 8.98. The highest BCUT2D eigenvalue weighted by Crippen LogP contribution is 2.28. The second kappa shape index (κ2) is 8.46. The van der Waals surface area contributed by atoms with Crippen molar-refractivity contribution in [2.75, 3.05) is 5.32 Å². The maximum absolute atomic E-state index is 14.4. The third-order valence-corrected chi connectivity index (χ3v) is 5.45. The third-order valence-electron chi connectivity index (χ3n) is 4.42. The average molecular weight is 424 g/mol. The van der Waals surface area contributed by atoms with Gasteiger partial charge < -0.3 is 9.84 Å². The lowest BCUT2D eigenvalue weighted by atomic mass is 10.2. The molecule has 0 unspecified atom stereocenters. The predicted octanol–water partition coefficient (Wildman–Crippen LogP) is 3.95. The summed E-state index contributed by atoms with van der Waals surface area (Å²) in [5.41, 5.74) is 2.75. The van der Waals surface area contributed by atoms with Crippen LogP contribution in [0.1, 0.15) is 27.4 Å². The summed E-state index contributed by atoms with van der Waals surface area (Å²) in [4.78, 5) is 20.9. The van der Waals surface area contributed by atoms with E-state index < -0.39 is 5.82 Å². The van der Waals surface area contributed by atoms with Crippen molar-refractivity contribution in [2.24, 2.45) is 0 Å². The molecule has 0 radical (unpaired) electrons. The van der Waals surface area contributed by atoms with Crippen LogP contribution in [0.3, 0.4) is 0 Å². The van der Waals surface area contributed by atoms with Crippen molar-refractivity contribution >= 4 is 23.4 Å². The fraction of sp³-hybridized carbons (Fsp3) is 0.150. The van der Waals surface area contributed by atoms with Crippen LogP contribution in [-0.4, -0.2) is 30.8 Å². The number of rotatable bonds is 6. The molecule has 8 nitrogen and oxygen atoms in total. The van der Waals surface area contributed by atoms with E-state index >= 15 is 0 Å². The molecule has 4 rings (SSSR count). The van der Waals surface area contributed by atoms with Gasteiger partial charge >= 0.3 is 0 Å². The molecule has 3 heterocycles. The minimum Gasteiger partial charge on any atom is -0.361 e. The van der Waals surface area contributed by atoms with Crippen LogP contribution < -0.4 is 5.32 Å². The summed E-state index contributed by atoms with van der Waals surface area (Å²) >= 11 is 1.41. The zero-order chi connectivity index (χ0) is 21.1. The first kappa shape index (κ1) is 19.8. The van der Waals surface area contributed by atoms with Gasteiger partial charge in [0.1, 0.15) is 29.1 Å². The number of amides is 1. The minimum absolute atomic E-state index is 0.239.